The summed E-state index contributed by atoms with van der Waals surface area (Å²) in [5, 5.41) is 15.4. The molecule has 1 atom stereocenters. The first kappa shape index (κ1) is 25.5. The van der Waals surface area contributed by atoms with E-state index in [1.807, 2.05) is 29.5 Å². The van der Waals surface area contributed by atoms with Gasteiger partial charge < -0.3 is 20.1 Å². The van der Waals surface area contributed by atoms with Crippen LogP contribution in [0.2, 0.25) is 0 Å². The number of benzene rings is 1. The van der Waals surface area contributed by atoms with Crippen LogP contribution in [0.1, 0.15) is 49.3 Å². The van der Waals surface area contributed by atoms with E-state index >= 15 is 0 Å². The Morgan fingerprint density at radius 2 is 1.94 bits per heavy atom. The Hall–Kier alpha value is -2.17. The number of carbonyl (C=O) groups excluding carboxylic acids is 1. The molecule has 1 aliphatic carbocycles. The molecule has 0 bridgehead atoms. The van der Waals surface area contributed by atoms with Crippen LogP contribution in [-0.4, -0.2) is 57.2 Å². The highest BCUT2D eigenvalue weighted by atomic mass is 127. The predicted octanol–water partition coefficient (Wildman–Crippen LogP) is 2.81. The third-order valence-corrected chi connectivity index (χ3v) is 6.62. The van der Waals surface area contributed by atoms with Crippen LogP contribution in [-0.2, 0) is 24.8 Å². The molecule has 1 aromatic carbocycles. The van der Waals surface area contributed by atoms with E-state index in [-0.39, 0.29) is 29.9 Å². The molecule has 1 saturated carbocycles. The van der Waals surface area contributed by atoms with Gasteiger partial charge >= 0.3 is 0 Å². The third kappa shape index (κ3) is 7.15. The van der Waals surface area contributed by atoms with Crippen molar-refractivity contribution in [3.63, 3.8) is 0 Å². The minimum atomic E-state index is 0. The summed E-state index contributed by atoms with van der Waals surface area (Å²) in [5.41, 5.74) is 1.27. The zero-order valence-corrected chi connectivity index (χ0v) is 22.0. The number of halogens is 1. The van der Waals surface area contributed by atoms with E-state index in [4.69, 9.17) is 4.99 Å². The average Bonchev–Trinajstić information content (AvgIpc) is 3.52. The van der Waals surface area contributed by atoms with Crippen LogP contribution in [0.5, 0.6) is 0 Å². The lowest BCUT2D eigenvalue weighted by molar-refractivity contribution is -0.127. The Balaban J connectivity index is 0.00000306. The first-order chi connectivity index (χ1) is 15.6. The van der Waals surface area contributed by atoms with Crippen LogP contribution in [0.15, 0.2) is 35.3 Å². The van der Waals surface area contributed by atoms with Crippen molar-refractivity contribution in [2.24, 2.45) is 18.0 Å². The second-order valence-corrected chi connectivity index (χ2v) is 9.04. The number of aliphatic imine (C=N–C) groups is 1. The summed E-state index contributed by atoms with van der Waals surface area (Å²) in [5.74, 6) is 3.09. The lowest BCUT2D eigenvalue weighted by Gasteiger charge is -2.20. The highest BCUT2D eigenvalue weighted by molar-refractivity contribution is 14.0. The minimum Gasteiger partial charge on any atom is -0.356 e. The Morgan fingerprint density at radius 1 is 1.18 bits per heavy atom. The van der Waals surface area contributed by atoms with Crippen LogP contribution in [0.4, 0.5) is 0 Å². The molecule has 1 amide bonds. The lowest BCUT2D eigenvalue weighted by atomic mass is 10.1. The standard InChI is InChI=1S/C24H35N7O.HI/c1-18-28-29-22(30(18)2)16-26-24(27-21-10-6-7-11-21)25-15-20-14-23(32)31(17-20)13-12-19-8-4-3-5-9-19;/h3-5,8-9,20-21H,6-7,10-17H2,1-2H3,(H2,25,26,27);1H. The maximum Gasteiger partial charge on any atom is 0.223 e. The Bertz CT molecular complexity index is 924. The number of guanidine groups is 1. The number of aryl methyl sites for hydroxylation is 1. The summed E-state index contributed by atoms with van der Waals surface area (Å²) < 4.78 is 1.97. The summed E-state index contributed by atoms with van der Waals surface area (Å²) in [6, 6.07) is 10.8. The molecule has 0 spiro atoms. The van der Waals surface area contributed by atoms with Gasteiger partial charge in [0, 0.05) is 45.1 Å². The predicted molar refractivity (Wildman–Crippen MR) is 141 cm³/mol. The van der Waals surface area contributed by atoms with Crippen molar-refractivity contribution >= 4 is 35.8 Å². The van der Waals surface area contributed by atoms with E-state index in [0.717, 1.165) is 43.7 Å². The molecule has 0 radical (unpaired) electrons. The Labute approximate surface area is 213 Å². The SMILES string of the molecule is Cc1nnc(CN=C(NCC2CC(=O)N(CCc3ccccc3)C2)NC2CCCC2)n1C.I. The van der Waals surface area contributed by atoms with Crippen LogP contribution in [0.3, 0.4) is 0 Å². The molecular weight excluding hydrogens is 529 g/mol. The van der Waals surface area contributed by atoms with Crippen LogP contribution in [0.25, 0.3) is 0 Å². The number of aromatic nitrogens is 3. The number of carbonyl (C=O) groups is 1. The van der Waals surface area contributed by atoms with Gasteiger partial charge in [-0.15, -0.1) is 34.2 Å². The van der Waals surface area contributed by atoms with Crippen molar-refractivity contribution in [1.82, 2.24) is 30.3 Å². The molecule has 1 saturated heterocycles. The van der Waals surface area contributed by atoms with Crippen LogP contribution < -0.4 is 10.6 Å². The molecule has 2 heterocycles. The summed E-state index contributed by atoms with van der Waals surface area (Å²) in [6.07, 6.45) is 6.39. The number of hydrogen-bond acceptors (Lipinski definition) is 4. The van der Waals surface area contributed by atoms with E-state index in [1.54, 1.807) is 0 Å². The first-order valence-electron chi connectivity index (χ1n) is 11.8. The third-order valence-electron chi connectivity index (χ3n) is 6.62. The molecule has 2 N–H and O–H groups in total. The number of nitrogens with one attached hydrogen (secondary N) is 2. The van der Waals surface area contributed by atoms with E-state index < -0.39 is 0 Å². The highest BCUT2D eigenvalue weighted by Crippen LogP contribution is 2.19. The lowest BCUT2D eigenvalue weighted by Crippen LogP contribution is -2.44. The number of likely N-dealkylation sites (tertiary alicyclic amines) is 1. The first-order valence-corrected chi connectivity index (χ1v) is 11.8. The minimum absolute atomic E-state index is 0. The Kier molecular flexibility index (Phi) is 9.52. The van der Waals surface area contributed by atoms with Gasteiger partial charge in [0.2, 0.25) is 5.91 Å². The number of nitrogens with zero attached hydrogens (tertiary/aromatic N) is 5. The van der Waals surface area contributed by atoms with Crippen molar-refractivity contribution in [1.29, 1.82) is 0 Å². The average molecular weight is 566 g/mol. The van der Waals surface area contributed by atoms with E-state index in [2.05, 4.69) is 45.1 Å². The molecule has 1 aliphatic heterocycles. The molecule has 180 valence electrons. The second-order valence-electron chi connectivity index (χ2n) is 9.04. The van der Waals surface area contributed by atoms with Crippen molar-refractivity contribution in [2.45, 2.75) is 58.0 Å². The van der Waals surface area contributed by atoms with Gasteiger partial charge in [0.05, 0.1) is 0 Å². The fourth-order valence-electron chi connectivity index (χ4n) is 4.51. The summed E-state index contributed by atoms with van der Waals surface area (Å²) in [7, 11) is 1.96. The second kappa shape index (κ2) is 12.3. The maximum atomic E-state index is 12.5. The van der Waals surface area contributed by atoms with Gasteiger partial charge in [-0.1, -0.05) is 43.2 Å². The maximum absolute atomic E-state index is 12.5. The zero-order chi connectivity index (χ0) is 22.3. The summed E-state index contributed by atoms with van der Waals surface area (Å²) >= 11 is 0. The van der Waals surface area contributed by atoms with Crippen LogP contribution in [0, 0.1) is 12.8 Å². The van der Waals surface area contributed by atoms with Gasteiger partial charge in [-0.25, -0.2) is 4.99 Å². The monoisotopic (exact) mass is 565 g/mol. The Morgan fingerprint density at radius 3 is 2.64 bits per heavy atom. The number of rotatable bonds is 8. The number of amides is 1. The molecule has 2 aliphatic rings. The van der Waals surface area contributed by atoms with Gasteiger partial charge in [0.25, 0.3) is 0 Å². The molecule has 1 aromatic heterocycles. The molecule has 9 heteroatoms. The van der Waals surface area contributed by atoms with Crippen molar-refractivity contribution in [3.05, 3.63) is 47.5 Å². The van der Waals surface area contributed by atoms with E-state index in [1.165, 1.54) is 31.2 Å². The van der Waals surface area contributed by atoms with E-state index in [9.17, 15) is 4.79 Å². The molecule has 2 fully saturated rings. The fourth-order valence-corrected chi connectivity index (χ4v) is 4.51. The van der Waals surface area contributed by atoms with Crippen molar-refractivity contribution in [3.8, 4) is 0 Å². The summed E-state index contributed by atoms with van der Waals surface area (Å²) in [6.45, 7) is 4.75. The topological polar surface area (TPSA) is 87.4 Å². The highest BCUT2D eigenvalue weighted by Gasteiger charge is 2.29. The smallest absolute Gasteiger partial charge is 0.223 e. The quantitative estimate of drug-likeness (QED) is 0.292. The molecule has 33 heavy (non-hydrogen) atoms. The number of hydrogen-bond donors (Lipinski definition) is 2. The van der Waals surface area contributed by atoms with Gasteiger partial charge in [0.15, 0.2) is 11.8 Å². The van der Waals surface area contributed by atoms with Crippen molar-refractivity contribution in [2.75, 3.05) is 19.6 Å². The van der Waals surface area contributed by atoms with E-state index in [0.29, 0.717) is 24.9 Å². The zero-order valence-electron chi connectivity index (χ0n) is 19.7. The van der Waals surface area contributed by atoms with Crippen LogP contribution >= 0.6 is 24.0 Å². The van der Waals surface area contributed by atoms with Gasteiger partial charge in [-0.2, -0.15) is 0 Å². The molecule has 4 rings (SSSR count). The van der Waals surface area contributed by atoms with Gasteiger partial charge in [-0.05, 0) is 31.7 Å². The molecular formula is C24H36IN7O. The largest absolute Gasteiger partial charge is 0.356 e. The normalized spacial score (nSPS) is 19.1. The van der Waals surface area contributed by atoms with Crippen molar-refractivity contribution < 1.29 is 4.79 Å². The fraction of sp³-hybridized carbons (Fsp3) is 0.583. The van der Waals surface area contributed by atoms with Gasteiger partial charge in [-0.3, -0.25) is 4.79 Å². The molecule has 1 unspecified atom stereocenters. The molecule has 2 aromatic rings. The van der Waals surface area contributed by atoms with Gasteiger partial charge in [0.1, 0.15) is 12.4 Å². The summed E-state index contributed by atoms with van der Waals surface area (Å²) in [4.78, 5) is 19.3. The molecule has 8 nitrogen and oxygen atoms in total.